The number of nitrogens with one attached hydrogen (secondary N) is 3. The Hall–Kier alpha value is -1.81. The van der Waals surface area contributed by atoms with Gasteiger partial charge in [-0.05, 0) is 37.7 Å². The SMILES string of the molecule is CSCCC(N)C(=O)NC(CC(C)C)C(=O)NC(C)C(=O)NCC(=O)O. The summed E-state index contributed by atoms with van der Waals surface area (Å²) in [5.74, 6) is -1.86. The summed E-state index contributed by atoms with van der Waals surface area (Å²) in [5.41, 5.74) is 5.82. The van der Waals surface area contributed by atoms with Crippen molar-refractivity contribution < 1.29 is 24.3 Å². The number of carboxylic acid groups (broad SMARTS) is 1. The van der Waals surface area contributed by atoms with E-state index in [1.807, 2.05) is 20.1 Å². The molecule has 9 nitrogen and oxygen atoms in total. The zero-order valence-corrected chi connectivity index (χ0v) is 16.5. The highest BCUT2D eigenvalue weighted by Gasteiger charge is 2.26. The summed E-state index contributed by atoms with van der Waals surface area (Å²) in [6, 6.07) is -2.46. The summed E-state index contributed by atoms with van der Waals surface area (Å²) in [5, 5.41) is 15.9. The zero-order valence-electron chi connectivity index (χ0n) is 15.7. The van der Waals surface area contributed by atoms with Crippen molar-refractivity contribution in [2.24, 2.45) is 11.7 Å². The number of amides is 3. The van der Waals surface area contributed by atoms with Crippen LogP contribution in [0.1, 0.15) is 33.6 Å². The Morgan fingerprint density at radius 3 is 2.15 bits per heavy atom. The second-order valence-corrected chi connectivity index (χ2v) is 7.41. The van der Waals surface area contributed by atoms with Crippen LogP contribution in [-0.4, -0.2) is 65.5 Å². The van der Waals surface area contributed by atoms with E-state index in [2.05, 4.69) is 16.0 Å². The molecule has 0 saturated heterocycles. The van der Waals surface area contributed by atoms with E-state index in [-0.39, 0.29) is 5.92 Å². The first-order valence-electron chi connectivity index (χ1n) is 8.43. The molecule has 0 fully saturated rings. The number of carboxylic acids is 1. The highest BCUT2D eigenvalue weighted by molar-refractivity contribution is 7.98. The lowest BCUT2D eigenvalue weighted by Gasteiger charge is -2.23. The molecule has 0 aromatic carbocycles. The number of carbonyl (C=O) groups is 4. The molecule has 0 aromatic rings. The van der Waals surface area contributed by atoms with Gasteiger partial charge in [0.25, 0.3) is 0 Å². The van der Waals surface area contributed by atoms with Crippen molar-refractivity contribution in [2.45, 2.75) is 51.7 Å². The van der Waals surface area contributed by atoms with Gasteiger partial charge in [-0.1, -0.05) is 13.8 Å². The third-order valence-corrected chi connectivity index (χ3v) is 4.12. The van der Waals surface area contributed by atoms with E-state index in [1.165, 1.54) is 6.92 Å². The lowest BCUT2D eigenvalue weighted by molar-refractivity contribution is -0.138. The maximum absolute atomic E-state index is 12.4. The summed E-state index contributed by atoms with van der Waals surface area (Å²) in [6.45, 7) is 4.72. The first-order chi connectivity index (χ1) is 12.1. The van der Waals surface area contributed by atoms with E-state index in [4.69, 9.17) is 10.8 Å². The molecule has 0 aliphatic rings. The number of nitrogens with two attached hydrogens (primary N) is 1. The summed E-state index contributed by atoms with van der Waals surface area (Å²) >= 11 is 1.58. The molecule has 0 spiro atoms. The highest BCUT2D eigenvalue weighted by Crippen LogP contribution is 2.07. The molecule has 0 aromatic heterocycles. The van der Waals surface area contributed by atoms with Crippen LogP contribution in [0.25, 0.3) is 0 Å². The van der Waals surface area contributed by atoms with Crippen molar-refractivity contribution in [3.8, 4) is 0 Å². The van der Waals surface area contributed by atoms with Gasteiger partial charge in [0.05, 0.1) is 6.04 Å². The van der Waals surface area contributed by atoms with Gasteiger partial charge in [0.15, 0.2) is 0 Å². The summed E-state index contributed by atoms with van der Waals surface area (Å²) in [4.78, 5) is 46.9. The highest BCUT2D eigenvalue weighted by atomic mass is 32.2. The van der Waals surface area contributed by atoms with E-state index >= 15 is 0 Å². The van der Waals surface area contributed by atoms with Crippen LogP contribution in [0.2, 0.25) is 0 Å². The van der Waals surface area contributed by atoms with Gasteiger partial charge in [-0.15, -0.1) is 0 Å². The summed E-state index contributed by atoms with van der Waals surface area (Å²) in [7, 11) is 0. The normalized spacial score (nSPS) is 14.2. The predicted octanol–water partition coefficient (Wildman–Crippen LogP) is -0.697. The van der Waals surface area contributed by atoms with Crippen LogP contribution in [0.4, 0.5) is 0 Å². The van der Waals surface area contributed by atoms with Crippen molar-refractivity contribution in [1.29, 1.82) is 0 Å². The van der Waals surface area contributed by atoms with E-state index in [0.717, 1.165) is 5.75 Å². The smallest absolute Gasteiger partial charge is 0.322 e. The molecule has 0 heterocycles. The van der Waals surface area contributed by atoms with Crippen molar-refractivity contribution in [2.75, 3.05) is 18.6 Å². The molecule has 6 N–H and O–H groups in total. The second kappa shape index (κ2) is 12.5. The van der Waals surface area contributed by atoms with Gasteiger partial charge < -0.3 is 26.8 Å². The third kappa shape index (κ3) is 10.2. The van der Waals surface area contributed by atoms with Gasteiger partial charge >= 0.3 is 5.97 Å². The third-order valence-electron chi connectivity index (χ3n) is 3.48. The fraction of sp³-hybridized carbons (Fsp3) is 0.750. The molecular weight excluding hydrogens is 360 g/mol. The summed E-state index contributed by atoms with van der Waals surface area (Å²) < 4.78 is 0. The number of aliphatic carboxylic acids is 1. The molecule has 3 unspecified atom stereocenters. The number of hydrogen-bond donors (Lipinski definition) is 5. The van der Waals surface area contributed by atoms with Crippen molar-refractivity contribution in [3.05, 3.63) is 0 Å². The van der Waals surface area contributed by atoms with E-state index in [9.17, 15) is 19.2 Å². The first-order valence-corrected chi connectivity index (χ1v) is 9.82. The monoisotopic (exact) mass is 390 g/mol. The molecule has 3 atom stereocenters. The second-order valence-electron chi connectivity index (χ2n) is 6.42. The number of rotatable bonds is 12. The standard InChI is InChI=1S/C16H30N4O5S/c1-9(2)7-12(20-15(24)11(17)5-6-26-4)16(25)19-10(3)14(23)18-8-13(21)22/h9-12H,5-8,17H2,1-4H3,(H,18,23)(H,19,25)(H,20,24)(H,21,22). The molecule has 0 aliphatic carbocycles. The Kier molecular flexibility index (Phi) is 11.7. The molecular formula is C16H30N4O5S. The predicted molar refractivity (Wildman–Crippen MR) is 101 cm³/mol. The Balaban J connectivity index is 4.79. The van der Waals surface area contributed by atoms with Crippen molar-refractivity contribution in [1.82, 2.24) is 16.0 Å². The number of carbonyl (C=O) groups excluding carboxylic acids is 3. The Morgan fingerprint density at radius 2 is 1.65 bits per heavy atom. The zero-order chi connectivity index (χ0) is 20.3. The fourth-order valence-electron chi connectivity index (χ4n) is 2.05. The number of hydrogen-bond acceptors (Lipinski definition) is 6. The average molecular weight is 391 g/mol. The van der Waals surface area contributed by atoms with Crippen LogP contribution in [0, 0.1) is 5.92 Å². The average Bonchev–Trinajstić information content (AvgIpc) is 2.55. The van der Waals surface area contributed by atoms with Gasteiger partial charge in [-0.2, -0.15) is 11.8 Å². The lowest BCUT2D eigenvalue weighted by atomic mass is 10.0. The summed E-state index contributed by atoms with van der Waals surface area (Å²) in [6.07, 6.45) is 2.80. The Labute approximate surface area is 158 Å². The van der Waals surface area contributed by atoms with Gasteiger partial charge in [0.1, 0.15) is 18.6 Å². The molecule has 150 valence electrons. The molecule has 0 rings (SSSR count). The van der Waals surface area contributed by atoms with Crippen molar-refractivity contribution in [3.63, 3.8) is 0 Å². The van der Waals surface area contributed by atoms with Crippen LogP contribution in [-0.2, 0) is 19.2 Å². The Morgan fingerprint density at radius 1 is 1.04 bits per heavy atom. The molecule has 26 heavy (non-hydrogen) atoms. The van der Waals surface area contributed by atoms with Gasteiger partial charge in [-0.3, -0.25) is 19.2 Å². The van der Waals surface area contributed by atoms with Gasteiger partial charge in [0.2, 0.25) is 17.7 Å². The first kappa shape index (κ1) is 24.2. The molecule has 10 heteroatoms. The topological polar surface area (TPSA) is 151 Å². The minimum atomic E-state index is -1.18. The van der Waals surface area contributed by atoms with Crippen LogP contribution in [0.3, 0.4) is 0 Å². The Bertz CT molecular complexity index is 501. The van der Waals surface area contributed by atoms with Gasteiger partial charge in [0, 0.05) is 0 Å². The van der Waals surface area contributed by atoms with Crippen LogP contribution in [0.5, 0.6) is 0 Å². The van der Waals surface area contributed by atoms with E-state index in [0.29, 0.717) is 12.8 Å². The maximum atomic E-state index is 12.4. The molecule has 0 bridgehead atoms. The quantitative estimate of drug-likeness (QED) is 0.296. The molecule has 3 amide bonds. The van der Waals surface area contributed by atoms with Crippen LogP contribution >= 0.6 is 11.8 Å². The van der Waals surface area contributed by atoms with Crippen LogP contribution in [0.15, 0.2) is 0 Å². The van der Waals surface area contributed by atoms with Crippen LogP contribution < -0.4 is 21.7 Å². The van der Waals surface area contributed by atoms with E-state index < -0.39 is 48.4 Å². The molecule has 0 saturated carbocycles. The number of thioether (sulfide) groups is 1. The van der Waals surface area contributed by atoms with Gasteiger partial charge in [-0.25, -0.2) is 0 Å². The van der Waals surface area contributed by atoms with Crippen molar-refractivity contribution >= 4 is 35.5 Å². The lowest BCUT2D eigenvalue weighted by Crippen LogP contribution is -2.55. The fourth-order valence-corrected chi connectivity index (χ4v) is 2.54. The molecule has 0 radical (unpaired) electrons. The minimum absolute atomic E-state index is 0.129. The molecule has 0 aliphatic heterocycles. The van der Waals surface area contributed by atoms with E-state index in [1.54, 1.807) is 11.8 Å². The largest absolute Gasteiger partial charge is 0.480 e. The minimum Gasteiger partial charge on any atom is -0.480 e. The maximum Gasteiger partial charge on any atom is 0.322 e.